The summed E-state index contributed by atoms with van der Waals surface area (Å²) >= 11 is 0. The van der Waals surface area contributed by atoms with Crippen LogP contribution >= 0.6 is 0 Å². The van der Waals surface area contributed by atoms with Crippen LogP contribution in [0.25, 0.3) is 0 Å². The van der Waals surface area contributed by atoms with Crippen LogP contribution in [0.2, 0.25) is 0 Å². The van der Waals surface area contributed by atoms with Crippen LogP contribution in [-0.2, 0) is 4.79 Å². The van der Waals surface area contributed by atoms with Gasteiger partial charge in [-0.15, -0.1) is 5.10 Å². The largest absolute Gasteiger partial charge is 0.489 e. The van der Waals surface area contributed by atoms with E-state index in [1.54, 1.807) is 19.2 Å². The van der Waals surface area contributed by atoms with Crippen molar-refractivity contribution in [2.24, 2.45) is 0 Å². The van der Waals surface area contributed by atoms with E-state index < -0.39 is 11.9 Å². The number of H-pyrrole nitrogens is 1. The molecule has 0 aliphatic carbocycles. The van der Waals surface area contributed by atoms with Crippen molar-refractivity contribution in [2.75, 3.05) is 18.6 Å². The molecule has 1 atom stereocenters. The summed E-state index contributed by atoms with van der Waals surface area (Å²) in [6.45, 7) is 0.0519. The van der Waals surface area contributed by atoms with Gasteiger partial charge in [0.25, 0.3) is 11.8 Å². The third-order valence-electron chi connectivity index (χ3n) is 3.18. The van der Waals surface area contributed by atoms with Crippen molar-refractivity contribution < 1.29 is 14.3 Å². The predicted molar refractivity (Wildman–Crippen MR) is 73.0 cm³/mol. The van der Waals surface area contributed by atoms with Crippen LogP contribution in [0.15, 0.2) is 30.6 Å². The van der Waals surface area contributed by atoms with Crippen LogP contribution < -0.4 is 15.0 Å². The van der Waals surface area contributed by atoms with E-state index in [1.165, 1.54) is 11.2 Å². The van der Waals surface area contributed by atoms with E-state index in [4.69, 9.17) is 4.74 Å². The highest BCUT2D eigenvalue weighted by Crippen LogP contribution is 2.29. The number of para-hydroxylation sites is 2. The van der Waals surface area contributed by atoms with Gasteiger partial charge in [0, 0.05) is 7.05 Å². The summed E-state index contributed by atoms with van der Waals surface area (Å²) in [6, 6.07) is 6.40. The highest BCUT2D eigenvalue weighted by Gasteiger charge is 2.31. The molecule has 0 spiro atoms. The molecule has 21 heavy (non-hydrogen) atoms. The molecule has 8 nitrogen and oxygen atoms in total. The Bertz CT molecular complexity index is 670. The average molecular weight is 287 g/mol. The molecule has 1 aliphatic rings. The fourth-order valence-corrected chi connectivity index (χ4v) is 2.10. The number of nitrogens with one attached hydrogen (secondary N) is 2. The van der Waals surface area contributed by atoms with Gasteiger partial charge in [0.05, 0.1) is 5.69 Å². The Morgan fingerprint density at radius 2 is 2.29 bits per heavy atom. The van der Waals surface area contributed by atoms with Gasteiger partial charge in [0.2, 0.25) is 5.82 Å². The summed E-state index contributed by atoms with van der Waals surface area (Å²) in [4.78, 5) is 29.5. The molecule has 0 fully saturated rings. The Balaban J connectivity index is 1.80. The number of anilines is 1. The number of carbonyl (C=O) groups excluding carboxylic acids is 2. The SMILES string of the molecule is CN1C(=O)C(NC(=O)c2nc[nH]n2)COc2ccccc21. The fraction of sp³-hybridized carbons (Fsp3) is 0.231. The van der Waals surface area contributed by atoms with Crippen LogP contribution in [0.3, 0.4) is 0 Å². The highest BCUT2D eigenvalue weighted by molar-refractivity contribution is 6.02. The van der Waals surface area contributed by atoms with E-state index in [2.05, 4.69) is 20.5 Å². The third kappa shape index (κ3) is 2.42. The van der Waals surface area contributed by atoms with Gasteiger partial charge >= 0.3 is 0 Å². The molecular formula is C13H13N5O3. The first-order chi connectivity index (χ1) is 10.2. The molecule has 3 rings (SSSR count). The van der Waals surface area contributed by atoms with E-state index in [0.29, 0.717) is 11.4 Å². The molecule has 2 N–H and O–H groups in total. The van der Waals surface area contributed by atoms with E-state index in [-0.39, 0.29) is 18.3 Å². The van der Waals surface area contributed by atoms with Crippen LogP contribution in [0.5, 0.6) is 5.75 Å². The number of amides is 2. The van der Waals surface area contributed by atoms with Crippen molar-refractivity contribution in [2.45, 2.75) is 6.04 Å². The smallest absolute Gasteiger partial charge is 0.291 e. The van der Waals surface area contributed by atoms with Crippen LogP contribution in [0.1, 0.15) is 10.6 Å². The second-order valence-electron chi connectivity index (χ2n) is 4.52. The first kappa shape index (κ1) is 13.1. The van der Waals surface area contributed by atoms with Gasteiger partial charge in [0.15, 0.2) is 0 Å². The normalized spacial score (nSPS) is 17.7. The molecule has 2 aromatic rings. The van der Waals surface area contributed by atoms with Gasteiger partial charge in [0.1, 0.15) is 24.7 Å². The Hall–Kier alpha value is -2.90. The number of rotatable bonds is 2. The van der Waals surface area contributed by atoms with E-state index in [0.717, 1.165) is 0 Å². The number of ether oxygens (including phenoxy) is 1. The molecule has 1 aromatic heterocycles. The first-order valence-electron chi connectivity index (χ1n) is 6.33. The Labute approximate surface area is 120 Å². The minimum Gasteiger partial charge on any atom is -0.489 e. The zero-order valence-corrected chi connectivity index (χ0v) is 11.2. The van der Waals surface area contributed by atoms with Crippen LogP contribution in [0.4, 0.5) is 5.69 Å². The summed E-state index contributed by atoms with van der Waals surface area (Å²) in [5, 5.41) is 8.70. The molecule has 0 saturated carbocycles. The number of likely N-dealkylation sites (N-methyl/N-ethyl adjacent to an activating group) is 1. The lowest BCUT2D eigenvalue weighted by atomic mass is 10.2. The first-order valence-corrected chi connectivity index (χ1v) is 6.33. The van der Waals surface area contributed by atoms with Crippen LogP contribution in [0, 0.1) is 0 Å². The molecular weight excluding hydrogens is 274 g/mol. The number of aromatic nitrogens is 3. The van der Waals surface area contributed by atoms with Gasteiger partial charge in [-0.05, 0) is 12.1 Å². The van der Waals surface area contributed by atoms with Gasteiger partial charge in [-0.2, -0.15) is 0 Å². The maximum absolute atomic E-state index is 12.4. The number of hydrogen-bond donors (Lipinski definition) is 2. The Morgan fingerprint density at radius 3 is 3.05 bits per heavy atom. The molecule has 1 unspecified atom stereocenters. The molecule has 0 saturated heterocycles. The zero-order chi connectivity index (χ0) is 14.8. The molecule has 2 heterocycles. The summed E-state index contributed by atoms with van der Waals surface area (Å²) in [5.74, 6) is -0.211. The lowest BCUT2D eigenvalue weighted by molar-refractivity contribution is -0.120. The molecule has 8 heteroatoms. The van der Waals surface area contributed by atoms with Crippen molar-refractivity contribution in [1.29, 1.82) is 0 Å². The summed E-state index contributed by atoms with van der Waals surface area (Å²) in [7, 11) is 1.64. The molecule has 2 amide bonds. The van der Waals surface area contributed by atoms with Crippen molar-refractivity contribution in [3.8, 4) is 5.75 Å². The monoisotopic (exact) mass is 287 g/mol. The van der Waals surface area contributed by atoms with E-state index >= 15 is 0 Å². The Morgan fingerprint density at radius 1 is 1.48 bits per heavy atom. The molecule has 1 aliphatic heterocycles. The van der Waals surface area contributed by atoms with Gasteiger partial charge in [-0.1, -0.05) is 12.1 Å². The number of carbonyl (C=O) groups is 2. The average Bonchev–Trinajstić information content (AvgIpc) is 3.01. The lowest BCUT2D eigenvalue weighted by Gasteiger charge is -2.19. The predicted octanol–water partition coefficient (Wildman–Crippen LogP) is -0.0415. The number of benzene rings is 1. The lowest BCUT2D eigenvalue weighted by Crippen LogP contribution is -2.49. The van der Waals surface area contributed by atoms with Crippen molar-refractivity contribution in [3.05, 3.63) is 36.4 Å². The molecule has 1 aromatic carbocycles. The topological polar surface area (TPSA) is 100 Å². The third-order valence-corrected chi connectivity index (χ3v) is 3.18. The Kier molecular flexibility index (Phi) is 3.27. The van der Waals surface area contributed by atoms with Crippen molar-refractivity contribution in [3.63, 3.8) is 0 Å². The zero-order valence-electron chi connectivity index (χ0n) is 11.2. The number of hydrogen-bond acceptors (Lipinski definition) is 5. The van der Waals surface area contributed by atoms with Crippen LogP contribution in [-0.4, -0.2) is 46.7 Å². The van der Waals surface area contributed by atoms with Gasteiger partial charge in [-0.25, -0.2) is 4.98 Å². The highest BCUT2D eigenvalue weighted by atomic mass is 16.5. The molecule has 0 bridgehead atoms. The van der Waals surface area contributed by atoms with E-state index in [9.17, 15) is 9.59 Å². The van der Waals surface area contributed by atoms with E-state index in [1.807, 2.05) is 12.1 Å². The second-order valence-corrected chi connectivity index (χ2v) is 4.52. The standard InChI is InChI=1S/C13H13N5O3/c1-18-9-4-2-3-5-10(9)21-6-8(13(18)20)16-12(19)11-14-7-15-17-11/h2-5,7-8H,6H2,1H3,(H,16,19)(H,14,15,17). The quantitative estimate of drug-likeness (QED) is 0.807. The minimum atomic E-state index is -0.798. The fourth-order valence-electron chi connectivity index (χ4n) is 2.10. The summed E-state index contributed by atoms with van der Waals surface area (Å²) in [5.41, 5.74) is 0.664. The summed E-state index contributed by atoms with van der Waals surface area (Å²) < 4.78 is 5.59. The van der Waals surface area contributed by atoms with Gasteiger partial charge < -0.3 is 15.0 Å². The number of aromatic amines is 1. The maximum atomic E-state index is 12.4. The van der Waals surface area contributed by atoms with Gasteiger partial charge in [-0.3, -0.25) is 14.7 Å². The molecule has 108 valence electrons. The number of nitrogens with zero attached hydrogens (tertiary/aromatic N) is 3. The second kappa shape index (κ2) is 5.23. The number of fused-ring (bicyclic) bond motifs is 1. The molecule has 0 radical (unpaired) electrons. The maximum Gasteiger partial charge on any atom is 0.291 e. The van der Waals surface area contributed by atoms with Crippen molar-refractivity contribution >= 4 is 17.5 Å². The summed E-state index contributed by atoms with van der Waals surface area (Å²) in [6.07, 6.45) is 1.29. The van der Waals surface area contributed by atoms with Crippen molar-refractivity contribution in [1.82, 2.24) is 20.5 Å². The minimum absolute atomic E-state index is 0.0211.